The normalized spacial score (nSPS) is 13.0. The molecule has 0 saturated heterocycles. The zero-order chi connectivity index (χ0) is 7.98. The molecule has 0 amide bonds. The molecule has 60 valence electrons. The van der Waals surface area contributed by atoms with Crippen molar-refractivity contribution in [3.8, 4) is 0 Å². The first-order valence-electron chi connectivity index (χ1n) is 3.35. The lowest BCUT2D eigenvalue weighted by molar-refractivity contribution is 0.546. The molecule has 0 bridgehead atoms. The zero-order valence-electron chi connectivity index (χ0n) is 6.57. The van der Waals surface area contributed by atoms with Crippen LogP contribution < -0.4 is 16.4 Å². The first-order valence-corrected chi connectivity index (χ1v) is 3.35. The standard InChI is InChI=1S/C6H16N4/c1-9-4-5(10-2)3-6(7)8/h5,9-10H,3-4H2,1-2H3,(H3,7,8). The second-order valence-electron chi connectivity index (χ2n) is 2.27. The molecule has 0 aromatic heterocycles. The highest BCUT2D eigenvalue weighted by atomic mass is 14.9. The van der Waals surface area contributed by atoms with Gasteiger partial charge in [0.05, 0.1) is 5.84 Å². The maximum absolute atomic E-state index is 7.02. The molecular weight excluding hydrogens is 128 g/mol. The van der Waals surface area contributed by atoms with Crippen molar-refractivity contribution in [2.24, 2.45) is 5.73 Å². The Morgan fingerprint density at radius 2 is 2.20 bits per heavy atom. The van der Waals surface area contributed by atoms with Gasteiger partial charge in [-0.05, 0) is 14.1 Å². The van der Waals surface area contributed by atoms with Crippen molar-refractivity contribution in [1.29, 1.82) is 5.41 Å². The fourth-order valence-corrected chi connectivity index (χ4v) is 0.788. The topological polar surface area (TPSA) is 73.9 Å². The summed E-state index contributed by atoms with van der Waals surface area (Å²) in [5.74, 6) is 0.231. The minimum Gasteiger partial charge on any atom is -0.388 e. The Kier molecular flexibility index (Phi) is 4.88. The van der Waals surface area contributed by atoms with E-state index in [4.69, 9.17) is 11.1 Å². The molecule has 10 heavy (non-hydrogen) atoms. The Labute approximate surface area is 61.7 Å². The number of nitrogens with two attached hydrogens (primary N) is 1. The summed E-state index contributed by atoms with van der Waals surface area (Å²) in [6.45, 7) is 0.843. The van der Waals surface area contributed by atoms with Crippen molar-refractivity contribution in [2.75, 3.05) is 20.6 Å². The van der Waals surface area contributed by atoms with Gasteiger partial charge < -0.3 is 16.4 Å². The predicted octanol–water partition coefficient (Wildman–Crippen LogP) is -0.880. The molecule has 0 spiro atoms. The van der Waals surface area contributed by atoms with Crippen LogP contribution in [-0.2, 0) is 0 Å². The van der Waals surface area contributed by atoms with Crippen molar-refractivity contribution >= 4 is 5.84 Å². The summed E-state index contributed by atoms with van der Waals surface area (Å²) < 4.78 is 0. The molecule has 0 aromatic carbocycles. The van der Waals surface area contributed by atoms with Crippen molar-refractivity contribution < 1.29 is 0 Å². The van der Waals surface area contributed by atoms with Gasteiger partial charge in [0.1, 0.15) is 0 Å². The Balaban J connectivity index is 3.49. The molecule has 0 aliphatic heterocycles. The molecule has 4 nitrogen and oxygen atoms in total. The summed E-state index contributed by atoms with van der Waals surface area (Å²) >= 11 is 0. The maximum Gasteiger partial charge on any atom is 0.0921 e. The van der Waals surface area contributed by atoms with E-state index in [1.54, 1.807) is 0 Å². The molecule has 1 unspecified atom stereocenters. The molecule has 0 fully saturated rings. The van der Waals surface area contributed by atoms with Gasteiger partial charge in [-0.15, -0.1) is 0 Å². The van der Waals surface area contributed by atoms with Crippen LogP contribution in [0.5, 0.6) is 0 Å². The summed E-state index contributed by atoms with van der Waals surface area (Å²) in [5, 5.41) is 13.1. The third-order valence-corrected chi connectivity index (χ3v) is 1.33. The van der Waals surface area contributed by atoms with Crippen molar-refractivity contribution in [2.45, 2.75) is 12.5 Å². The Hall–Kier alpha value is -0.610. The van der Waals surface area contributed by atoms with Crippen molar-refractivity contribution in [1.82, 2.24) is 10.6 Å². The predicted molar refractivity (Wildman–Crippen MR) is 43.3 cm³/mol. The van der Waals surface area contributed by atoms with Gasteiger partial charge in [0.15, 0.2) is 0 Å². The fourth-order valence-electron chi connectivity index (χ4n) is 0.788. The van der Waals surface area contributed by atoms with Crippen LogP contribution in [0.25, 0.3) is 0 Å². The molecule has 4 heteroatoms. The van der Waals surface area contributed by atoms with E-state index in [0.29, 0.717) is 6.42 Å². The molecular formula is C6H16N4. The molecule has 0 heterocycles. The van der Waals surface area contributed by atoms with Gasteiger partial charge in [-0.3, -0.25) is 5.41 Å². The summed E-state index contributed by atoms with van der Waals surface area (Å²) in [4.78, 5) is 0. The first kappa shape index (κ1) is 9.39. The van der Waals surface area contributed by atoms with Crippen LogP contribution in [-0.4, -0.2) is 32.5 Å². The summed E-state index contributed by atoms with van der Waals surface area (Å²) in [6.07, 6.45) is 0.608. The molecule has 5 N–H and O–H groups in total. The second kappa shape index (κ2) is 5.20. The van der Waals surface area contributed by atoms with E-state index in [0.717, 1.165) is 6.54 Å². The minimum atomic E-state index is 0.231. The summed E-state index contributed by atoms with van der Waals surface area (Å²) in [6, 6.07) is 0.280. The van der Waals surface area contributed by atoms with Gasteiger partial charge in [-0.25, -0.2) is 0 Å². The van der Waals surface area contributed by atoms with Crippen LogP contribution in [0.15, 0.2) is 0 Å². The average molecular weight is 144 g/mol. The number of hydrogen-bond acceptors (Lipinski definition) is 3. The van der Waals surface area contributed by atoms with E-state index in [1.165, 1.54) is 0 Å². The van der Waals surface area contributed by atoms with Gasteiger partial charge >= 0.3 is 0 Å². The lowest BCUT2D eigenvalue weighted by Crippen LogP contribution is -2.38. The Morgan fingerprint density at radius 3 is 2.50 bits per heavy atom. The van der Waals surface area contributed by atoms with E-state index in [1.807, 2.05) is 14.1 Å². The number of rotatable bonds is 5. The highest BCUT2D eigenvalue weighted by molar-refractivity contribution is 5.77. The van der Waals surface area contributed by atoms with Crippen LogP contribution in [0.2, 0.25) is 0 Å². The number of hydrogen-bond donors (Lipinski definition) is 4. The zero-order valence-corrected chi connectivity index (χ0v) is 6.57. The third kappa shape index (κ3) is 4.29. The molecule has 0 aromatic rings. The van der Waals surface area contributed by atoms with Crippen LogP contribution in [0.3, 0.4) is 0 Å². The van der Waals surface area contributed by atoms with Crippen LogP contribution in [0, 0.1) is 5.41 Å². The lowest BCUT2D eigenvalue weighted by atomic mass is 10.2. The van der Waals surface area contributed by atoms with E-state index in [-0.39, 0.29) is 11.9 Å². The quantitative estimate of drug-likeness (QED) is 0.299. The Morgan fingerprint density at radius 1 is 1.60 bits per heavy atom. The highest BCUT2D eigenvalue weighted by Crippen LogP contribution is 1.86. The van der Waals surface area contributed by atoms with Gasteiger partial charge in [0.25, 0.3) is 0 Å². The van der Waals surface area contributed by atoms with Crippen LogP contribution in [0.1, 0.15) is 6.42 Å². The lowest BCUT2D eigenvalue weighted by Gasteiger charge is -2.13. The third-order valence-electron chi connectivity index (χ3n) is 1.33. The van der Waals surface area contributed by atoms with E-state index in [9.17, 15) is 0 Å². The minimum absolute atomic E-state index is 0.231. The smallest absolute Gasteiger partial charge is 0.0921 e. The summed E-state index contributed by atoms with van der Waals surface area (Å²) in [7, 11) is 3.75. The van der Waals surface area contributed by atoms with Crippen LogP contribution >= 0.6 is 0 Å². The van der Waals surface area contributed by atoms with E-state index in [2.05, 4.69) is 10.6 Å². The van der Waals surface area contributed by atoms with Gasteiger partial charge in [-0.1, -0.05) is 0 Å². The molecule has 0 aliphatic carbocycles. The molecule has 0 saturated carbocycles. The fraction of sp³-hybridized carbons (Fsp3) is 0.833. The second-order valence-corrected chi connectivity index (χ2v) is 2.27. The van der Waals surface area contributed by atoms with Gasteiger partial charge in [0, 0.05) is 19.0 Å². The highest BCUT2D eigenvalue weighted by Gasteiger charge is 2.04. The maximum atomic E-state index is 7.02. The molecule has 0 radical (unpaired) electrons. The largest absolute Gasteiger partial charge is 0.388 e. The SMILES string of the molecule is CNCC(CC(=N)N)NC. The number of nitrogens with one attached hydrogen (secondary N) is 3. The van der Waals surface area contributed by atoms with Crippen molar-refractivity contribution in [3.63, 3.8) is 0 Å². The van der Waals surface area contributed by atoms with E-state index >= 15 is 0 Å². The number of amidine groups is 1. The van der Waals surface area contributed by atoms with Gasteiger partial charge in [-0.2, -0.15) is 0 Å². The van der Waals surface area contributed by atoms with E-state index < -0.39 is 0 Å². The van der Waals surface area contributed by atoms with Gasteiger partial charge in [0.2, 0.25) is 0 Å². The Bertz CT molecular complexity index is 102. The average Bonchev–Trinajstić information content (AvgIpc) is 1.86. The summed E-state index contributed by atoms with van der Waals surface area (Å²) in [5.41, 5.74) is 5.21. The van der Waals surface area contributed by atoms with Crippen molar-refractivity contribution in [3.05, 3.63) is 0 Å². The molecule has 1 atom stereocenters. The first-order chi connectivity index (χ1) is 4.70. The number of likely N-dealkylation sites (N-methyl/N-ethyl adjacent to an activating group) is 2. The monoisotopic (exact) mass is 144 g/mol. The molecule has 0 aliphatic rings. The molecule has 0 rings (SSSR count). The van der Waals surface area contributed by atoms with Crippen LogP contribution in [0.4, 0.5) is 0 Å².